The fourth-order valence-corrected chi connectivity index (χ4v) is 5.93. The monoisotopic (exact) mass is 442 g/mol. The van der Waals surface area contributed by atoms with Crippen LogP contribution >= 0.6 is 22.9 Å². The Hall–Kier alpha value is -0.580. The van der Waals surface area contributed by atoms with Crippen molar-refractivity contribution >= 4 is 28.9 Å². The number of rotatable bonds is 13. The number of aryl methyl sites for hydroxylation is 1. The Morgan fingerprint density at radius 3 is 2.55 bits per heavy atom. The number of hydrogen-bond acceptors (Lipinski definition) is 4. The van der Waals surface area contributed by atoms with Crippen LogP contribution < -0.4 is 0 Å². The predicted molar refractivity (Wildman–Crippen MR) is 123 cm³/mol. The summed E-state index contributed by atoms with van der Waals surface area (Å²) in [5.74, 6) is 0.534. The second kappa shape index (κ2) is 13.0. The Labute approximate surface area is 186 Å². The van der Waals surface area contributed by atoms with Gasteiger partial charge in [-0.05, 0) is 69.9 Å². The molecular formula is C24H39ClO3S. The molecule has 29 heavy (non-hydrogen) atoms. The van der Waals surface area contributed by atoms with Gasteiger partial charge >= 0.3 is 5.97 Å². The number of halogens is 1. The van der Waals surface area contributed by atoms with E-state index in [1.807, 2.05) is 26.0 Å². The van der Waals surface area contributed by atoms with Gasteiger partial charge in [-0.15, -0.1) is 22.9 Å². The Kier molecular flexibility index (Phi) is 11.0. The number of unbranched alkanes of at least 4 members (excludes halogenated alkanes) is 5. The summed E-state index contributed by atoms with van der Waals surface area (Å²) >= 11 is 8.14. The molecule has 2 rings (SSSR count). The van der Waals surface area contributed by atoms with Crippen LogP contribution in [0.25, 0.3) is 0 Å². The van der Waals surface area contributed by atoms with E-state index in [-0.39, 0.29) is 23.6 Å². The molecule has 5 heteroatoms. The zero-order valence-corrected chi connectivity index (χ0v) is 19.9. The first-order chi connectivity index (χ1) is 13.9. The van der Waals surface area contributed by atoms with E-state index in [1.165, 1.54) is 54.7 Å². The number of carbonyl (C=O) groups excluding carboxylic acids is 1. The minimum absolute atomic E-state index is 0.0916. The van der Waals surface area contributed by atoms with E-state index >= 15 is 0 Å². The standard InChI is InChI=1S/C24H39ClO3S/c1-4-5-6-7-8-9-12-20-19(21(25)16-22(20)26)13-10-11-18-14-15-23(29-18)24(27)28-17(2)3/h14-15,17,19-22,26H,4-13,16H2,1-3H3/t19-,20-,21?,22-/m1/s1. The SMILES string of the molecule is CCCCCCCC[C@H]1[C@H](O)CC(Cl)[C@@H]1CCCc1ccc(C(=O)OC(C)C)s1. The Morgan fingerprint density at radius 2 is 1.83 bits per heavy atom. The topological polar surface area (TPSA) is 46.5 Å². The predicted octanol–water partition coefficient (Wildman–Crippen LogP) is 6.99. The number of ether oxygens (including phenoxy) is 1. The van der Waals surface area contributed by atoms with Crippen molar-refractivity contribution in [3.63, 3.8) is 0 Å². The van der Waals surface area contributed by atoms with Crippen molar-refractivity contribution in [3.05, 3.63) is 21.9 Å². The molecule has 166 valence electrons. The van der Waals surface area contributed by atoms with Gasteiger partial charge in [0, 0.05) is 10.3 Å². The average Bonchev–Trinajstić information content (AvgIpc) is 3.23. The fourth-order valence-electron chi connectivity index (χ4n) is 4.50. The maximum absolute atomic E-state index is 12.0. The van der Waals surface area contributed by atoms with Gasteiger partial charge in [-0.3, -0.25) is 0 Å². The molecule has 1 aromatic rings. The van der Waals surface area contributed by atoms with Crippen molar-refractivity contribution in [2.24, 2.45) is 11.8 Å². The van der Waals surface area contributed by atoms with Crippen LogP contribution in [0.3, 0.4) is 0 Å². The van der Waals surface area contributed by atoms with Crippen LogP contribution in [0.15, 0.2) is 12.1 Å². The van der Waals surface area contributed by atoms with E-state index in [9.17, 15) is 9.90 Å². The number of carbonyl (C=O) groups is 1. The number of hydrogen-bond donors (Lipinski definition) is 1. The van der Waals surface area contributed by atoms with Crippen molar-refractivity contribution in [2.75, 3.05) is 0 Å². The van der Waals surface area contributed by atoms with E-state index in [4.69, 9.17) is 16.3 Å². The first-order valence-electron chi connectivity index (χ1n) is 11.5. The Balaban J connectivity index is 1.75. The lowest BCUT2D eigenvalue weighted by Crippen LogP contribution is -2.21. The molecule has 0 saturated heterocycles. The van der Waals surface area contributed by atoms with Crippen LogP contribution in [0.5, 0.6) is 0 Å². The Morgan fingerprint density at radius 1 is 1.14 bits per heavy atom. The number of thiophene rings is 1. The van der Waals surface area contributed by atoms with E-state index in [0.717, 1.165) is 32.1 Å². The lowest BCUT2D eigenvalue weighted by molar-refractivity contribution is 0.0384. The first-order valence-corrected chi connectivity index (χ1v) is 12.8. The van der Waals surface area contributed by atoms with Gasteiger partial charge in [-0.2, -0.15) is 0 Å². The zero-order valence-electron chi connectivity index (χ0n) is 18.4. The molecule has 1 fully saturated rings. The third kappa shape index (κ3) is 8.22. The quantitative estimate of drug-likeness (QED) is 0.203. The molecule has 1 aromatic heterocycles. The van der Waals surface area contributed by atoms with Crippen LogP contribution in [-0.2, 0) is 11.2 Å². The van der Waals surface area contributed by atoms with Crippen molar-refractivity contribution in [1.82, 2.24) is 0 Å². The van der Waals surface area contributed by atoms with Crippen molar-refractivity contribution in [2.45, 2.75) is 109 Å². The van der Waals surface area contributed by atoms with Gasteiger partial charge in [-0.25, -0.2) is 4.79 Å². The van der Waals surface area contributed by atoms with E-state index in [0.29, 0.717) is 16.7 Å². The summed E-state index contributed by atoms with van der Waals surface area (Å²) in [6, 6.07) is 3.91. The molecule has 0 aliphatic heterocycles. The zero-order chi connectivity index (χ0) is 21.2. The molecule has 1 N–H and O–H groups in total. The molecule has 1 heterocycles. The summed E-state index contributed by atoms with van der Waals surface area (Å²) in [5, 5.41) is 10.6. The van der Waals surface area contributed by atoms with Crippen LogP contribution in [0.2, 0.25) is 0 Å². The molecule has 0 spiro atoms. The highest BCUT2D eigenvalue weighted by Gasteiger charge is 2.40. The van der Waals surface area contributed by atoms with Gasteiger partial charge in [0.2, 0.25) is 0 Å². The third-order valence-electron chi connectivity index (χ3n) is 6.03. The van der Waals surface area contributed by atoms with E-state index in [2.05, 4.69) is 6.92 Å². The Bertz CT molecular complexity index is 601. The van der Waals surface area contributed by atoms with Gasteiger partial charge < -0.3 is 9.84 Å². The molecule has 1 aliphatic carbocycles. The summed E-state index contributed by atoms with van der Waals surface area (Å²) in [5.41, 5.74) is 0. The molecule has 0 radical (unpaired) electrons. The molecule has 1 unspecified atom stereocenters. The fraction of sp³-hybridized carbons (Fsp3) is 0.792. The minimum atomic E-state index is -0.239. The second-order valence-electron chi connectivity index (χ2n) is 8.82. The largest absolute Gasteiger partial charge is 0.459 e. The normalized spacial score (nSPS) is 24.3. The molecule has 0 bridgehead atoms. The van der Waals surface area contributed by atoms with Crippen LogP contribution in [0, 0.1) is 11.8 Å². The summed E-state index contributed by atoms with van der Waals surface area (Å²) in [6.07, 6.45) is 12.3. The van der Waals surface area contributed by atoms with Gasteiger partial charge in [0.1, 0.15) is 4.88 Å². The van der Waals surface area contributed by atoms with Gasteiger partial charge in [-0.1, -0.05) is 45.4 Å². The molecule has 1 aliphatic rings. The maximum Gasteiger partial charge on any atom is 0.348 e. The lowest BCUT2D eigenvalue weighted by Gasteiger charge is -2.23. The highest BCUT2D eigenvalue weighted by atomic mass is 35.5. The summed E-state index contributed by atoms with van der Waals surface area (Å²) < 4.78 is 5.27. The van der Waals surface area contributed by atoms with Gasteiger partial charge in [0.15, 0.2) is 0 Å². The minimum Gasteiger partial charge on any atom is -0.459 e. The average molecular weight is 443 g/mol. The number of aliphatic hydroxyl groups excluding tert-OH is 1. The summed E-state index contributed by atoms with van der Waals surface area (Å²) in [7, 11) is 0. The highest BCUT2D eigenvalue weighted by Crippen LogP contribution is 2.42. The maximum atomic E-state index is 12.0. The number of alkyl halides is 1. The van der Waals surface area contributed by atoms with Crippen LogP contribution in [0.4, 0.5) is 0 Å². The molecule has 0 amide bonds. The number of aliphatic hydroxyl groups is 1. The molecular weight excluding hydrogens is 404 g/mol. The van der Waals surface area contributed by atoms with E-state index in [1.54, 1.807) is 0 Å². The van der Waals surface area contributed by atoms with Crippen LogP contribution in [-0.4, -0.2) is 28.7 Å². The third-order valence-corrected chi connectivity index (χ3v) is 7.66. The highest BCUT2D eigenvalue weighted by molar-refractivity contribution is 7.13. The second-order valence-corrected chi connectivity index (χ2v) is 10.5. The van der Waals surface area contributed by atoms with Crippen molar-refractivity contribution < 1.29 is 14.6 Å². The summed E-state index contributed by atoms with van der Waals surface area (Å²) in [6.45, 7) is 5.98. The van der Waals surface area contributed by atoms with Crippen molar-refractivity contribution in [3.8, 4) is 0 Å². The molecule has 3 nitrogen and oxygen atoms in total. The molecule has 0 aromatic carbocycles. The van der Waals surface area contributed by atoms with Gasteiger partial charge in [0.05, 0.1) is 12.2 Å². The summed E-state index contributed by atoms with van der Waals surface area (Å²) in [4.78, 5) is 13.9. The van der Waals surface area contributed by atoms with Crippen LogP contribution in [0.1, 0.15) is 99.5 Å². The van der Waals surface area contributed by atoms with Gasteiger partial charge in [0.25, 0.3) is 0 Å². The lowest BCUT2D eigenvalue weighted by atomic mass is 9.85. The van der Waals surface area contributed by atoms with Crippen molar-refractivity contribution in [1.29, 1.82) is 0 Å². The number of esters is 1. The molecule has 1 saturated carbocycles. The first kappa shape index (κ1) is 24.7. The smallest absolute Gasteiger partial charge is 0.348 e. The van der Waals surface area contributed by atoms with E-state index < -0.39 is 0 Å². The molecule has 4 atom stereocenters.